The first-order chi connectivity index (χ1) is 18.6. The van der Waals surface area contributed by atoms with Gasteiger partial charge in [-0.25, -0.2) is 0 Å². The molecule has 3 aliphatic rings. The molecule has 8 heteroatoms. The molecule has 8 nitrogen and oxygen atoms in total. The summed E-state index contributed by atoms with van der Waals surface area (Å²) in [7, 11) is 0. The van der Waals surface area contributed by atoms with E-state index < -0.39 is 0 Å². The lowest BCUT2D eigenvalue weighted by Crippen LogP contribution is -2.39. The van der Waals surface area contributed by atoms with E-state index in [-0.39, 0.29) is 53.0 Å². The van der Waals surface area contributed by atoms with Crippen molar-refractivity contribution in [2.75, 3.05) is 26.2 Å². The third kappa shape index (κ3) is 9.49. The molecule has 2 aliphatic carbocycles. The SMILES string of the molecule is C#CCN(CCCCCCN1C(=O)C2C3C=CC(C3)C2C1=O)C(=O)CCC.CC(C)OCCC(C)(C)NC=O. The number of allylic oxidation sites excluding steroid dienone is 2. The summed E-state index contributed by atoms with van der Waals surface area (Å²) in [6.07, 6.45) is 17.4. The largest absolute Gasteiger partial charge is 0.379 e. The van der Waals surface area contributed by atoms with Crippen molar-refractivity contribution in [3.63, 3.8) is 0 Å². The quantitative estimate of drug-likeness (QED) is 0.105. The lowest BCUT2D eigenvalue weighted by Gasteiger charge is -2.23. The molecule has 0 aromatic heterocycles. The van der Waals surface area contributed by atoms with Gasteiger partial charge in [0.25, 0.3) is 0 Å². The van der Waals surface area contributed by atoms with E-state index in [2.05, 4.69) is 23.4 Å². The van der Waals surface area contributed by atoms with Crippen molar-refractivity contribution in [1.82, 2.24) is 15.1 Å². The summed E-state index contributed by atoms with van der Waals surface area (Å²) in [4.78, 5) is 50.7. The molecular weight excluding hydrogens is 494 g/mol. The zero-order chi connectivity index (χ0) is 29.0. The number of rotatable bonds is 16. The number of hydrogen-bond acceptors (Lipinski definition) is 5. The van der Waals surface area contributed by atoms with E-state index in [4.69, 9.17) is 11.2 Å². The Kier molecular flexibility index (Phi) is 13.2. The van der Waals surface area contributed by atoms with Gasteiger partial charge in [-0.2, -0.15) is 0 Å². The van der Waals surface area contributed by atoms with Gasteiger partial charge in [0, 0.05) is 31.7 Å². The fraction of sp³-hybridized carbons (Fsp3) is 0.742. The van der Waals surface area contributed by atoms with Gasteiger partial charge in [-0.1, -0.05) is 37.8 Å². The number of fused-ring (bicyclic) bond motifs is 5. The monoisotopic (exact) mass is 543 g/mol. The number of carbonyl (C=O) groups excluding carboxylic acids is 4. The number of ether oxygens (including phenoxy) is 1. The number of carbonyl (C=O) groups is 4. The number of likely N-dealkylation sites (tertiary alicyclic amines) is 1. The average Bonchev–Trinajstić information content (AvgIpc) is 3.55. The predicted octanol–water partition coefficient (Wildman–Crippen LogP) is 3.94. The van der Waals surface area contributed by atoms with Crippen molar-refractivity contribution >= 4 is 24.1 Å². The number of nitrogens with one attached hydrogen (secondary N) is 1. The molecule has 1 saturated heterocycles. The van der Waals surface area contributed by atoms with Crippen molar-refractivity contribution in [3.8, 4) is 12.3 Å². The third-order valence-corrected chi connectivity index (χ3v) is 7.85. The summed E-state index contributed by atoms with van der Waals surface area (Å²) in [5.74, 6) is 3.16. The van der Waals surface area contributed by atoms with Crippen LogP contribution in [0.3, 0.4) is 0 Å². The maximum atomic E-state index is 12.6. The van der Waals surface area contributed by atoms with Crippen LogP contribution in [0.2, 0.25) is 0 Å². The molecule has 4 atom stereocenters. The highest BCUT2D eigenvalue weighted by atomic mass is 16.5. The van der Waals surface area contributed by atoms with Gasteiger partial charge < -0.3 is 15.0 Å². The fourth-order valence-corrected chi connectivity index (χ4v) is 5.67. The average molecular weight is 544 g/mol. The second kappa shape index (κ2) is 15.8. The summed E-state index contributed by atoms with van der Waals surface area (Å²) in [6, 6.07) is 0. The van der Waals surface area contributed by atoms with Crippen LogP contribution in [0.15, 0.2) is 12.2 Å². The molecule has 3 rings (SSSR count). The molecule has 0 aromatic rings. The topological polar surface area (TPSA) is 96.0 Å². The van der Waals surface area contributed by atoms with Gasteiger partial charge in [0.15, 0.2) is 0 Å². The van der Waals surface area contributed by atoms with Crippen LogP contribution in [0.1, 0.15) is 86.0 Å². The first-order valence-corrected chi connectivity index (χ1v) is 14.6. The Morgan fingerprint density at radius 3 is 2.33 bits per heavy atom. The van der Waals surface area contributed by atoms with Gasteiger partial charge in [0.05, 0.1) is 24.5 Å². The van der Waals surface area contributed by atoms with Crippen LogP contribution in [0.25, 0.3) is 0 Å². The van der Waals surface area contributed by atoms with E-state index >= 15 is 0 Å². The van der Waals surface area contributed by atoms with Crippen molar-refractivity contribution in [1.29, 1.82) is 0 Å². The fourth-order valence-electron chi connectivity index (χ4n) is 5.67. The highest BCUT2D eigenvalue weighted by Gasteiger charge is 2.58. The Morgan fingerprint density at radius 2 is 1.79 bits per heavy atom. The Labute approximate surface area is 235 Å². The Balaban J connectivity index is 0.000000377. The summed E-state index contributed by atoms with van der Waals surface area (Å²) in [5.41, 5.74) is -0.156. The number of amides is 4. The highest BCUT2D eigenvalue weighted by Crippen LogP contribution is 2.52. The van der Waals surface area contributed by atoms with Crippen molar-refractivity contribution in [2.45, 2.75) is 97.6 Å². The second-order valence-electron chi connectivity index (χ2n) is 11.8. The second-order valence-corrected chi connectivity index (χ2v) is 11.8. The highest BCUT2D eigenvalue weighted by molar-refractivity contribution is 6.06. The molecule has 1 aliphatic heterocycles. The number of imide groups is 1. The summed E-state index contributed by atoms with van der Waals surface area (Å²) in [5, 5.41) is 2.74. The lowest BCUT2D eigenvalue weighted by molar-refractivity contribution is -0.140. The molecule has 4 unspecified atom stereocenters. The van der Waals surface area contributed by atoms with Gasteiger partial charge >= 0.3 is 0 Å². The van der Waals surface area contributed by atoms with E-state index in [0.29, 0.717) is 32.7 Å². The molecule has 2 fully saturated rings. The van der Waals surface area contributed by atoms with Crippen LogP contribution in [0.4, 0.5) is 0 Å². The summed E-state index contributed by atoms with van der Waals surface area (Å²) < 4.78 is 5.37. The van der Waals surface area contributed by atoms with Crippen LogP contribution >= 0.6 is 0 Å². The molecule has 0 spiro atoms. The summed E-state index contributed by atoms with van der Waals surface area (Å²) >= 11 is 0. The van der Waals surface area contributed by atoms with Crippen molar-refractivity contribution in [3.05, 3.63) is 12.2 Å². The first-order valence-electron chi connectivity index (χ1n) is 14.6. The number of terminal acetylenes is 1. The minimum Gasteiger partial charge on any atom is -0.379 e. The zero-order valence-corrected chi connectivity index (χ0v) is 24.6. The molecule has 1 saturated carbocycles. The molecule has 39 heavy (non-hydrogen) atoms. The molecule has 0 aromatic carbocycles. The van der Waals surface area contributed by atoms with E-state index in [1.165, 1.54) is 4.90 Å². The van der Waals surface area contributed by atoms with E-state index in [9.17, 15) is 19.2 Å². The van der Waals surface area contributed by atoms with Crippen molar-refractivity contribution < 1.29 is 23.9 Å². The molecular formula is C31H49N3O5. The number of unbranched alkanes of at least 4 members (excludes halogenated alkanes) is 3. The summed E-state index contributed by atoms with van der Waals surface area (Å²) in [6.45, 7) is 12.2. The number of hydrogen-bond donors (Lipinski definition) is 1. The Hall–Kier alpha value is -2.66. The smallest absolute Gasteiger partial charge is 0.233 e. The zero-order valence-electron chi connectivity index (χ0n) is 24.6. The minimum atomic E-state index is -0.156. The molecule has 4 amide bonds. The number of nitrogens with zero attached hydrogens (tertiary/aromatic N) is 2. The van der Waals surface area contributed by atoms with E-state index in [1.54, 1.807) is 4.90 Å². The van der Waals surface area contributed by atoms with Crippen molar-refractivity contribution in [2.24, 2.45) is 23.7 Å². The van der Waals surface area contributed by atoms with Gasteiger partial charge in [-0.3, -0.25) is 24.1 Å². The van der Waals surface area contributed by atoms with Crippen LogP contribution in [0, 0.1) is 36.0 Å². The predicted molar refractivity (Wildman–Crippen MR) is 152 cm³/mol. The molecule has 1 heterocycles. The van der Waals surface area contributed by atoms with Gasteiger partial charge in [-0.05, 0) is 71.6 Å². The Bertz CT molecular complexity index is 876. The minimum absolute atomic E-state index is 0.0483. The lowest BCUT2D eigenvalue weighted by atomic mass is 9.85. The van der Waals surface area contributed by atoms with E-state index in [1.807, 2.05) is 34.6 Å². The first kappa shape index (κ1) is 32.6. The maximum absolute atomic E-state index is 12.6. The van der Waals surface area contributed by atoms with Crippen LogP contribution in [-0.4, -0.2) is 71.8 Å². The van der Waals surface area contributed by atoms with Crippen LogP contribution in [0.5, 0.6) is 0 Å². The van der Waals surface area contributed by atoms with Gasteiger partial charge in [0.2, 0.25) is 24.1 Å². The van der Waals surface area contributed by atoms with E-state index in [0.717, 1.165) is 51.4 Å². The molecule has 0 radical (unpaired) electrons. The molecule has 1 N–H and O–H groups in total. The molecule has 218 valence electrons. The van der Waals surface area contributed by atoms with Gasteiger partial charge in [0.1, 0.15) is 0 Å². The molecule has 2 bridgehead atoms. The van der Waals surface area contributed by atoms with Gasteiger partial charge in [-0.15, -0.1) is 6.42 Å². The third-order valence-electron chi connectivity index (χ3n) is 7.85. The normalized spacial score (nSPS) is 22.9. The maximum Gasteiger partial charge on any atom is 0.233 e. The van der Waals surface area contributed by atoms with Crippen LogP contribution < -0.4 is 5.32 Å². The standard InChI is InChI=1S/C22H30N2O3.C9H19NO2/c1-3-9-18(25)23(12-4-2)13-7-5-6-8-14-24-21(26)19-16-10-11-17(15-16)20(19)22(24)27;1-8(2)12-6-5-9(3,4)10-7-11/h2,10-11,16-17,19-20H,3,5-9,12-15H2,1H3;7-8H,5-6H2,1-4H3,(H,10,11). The Morgan fingerprint density at radius 1 is 1.18 bits per heavy atom. The van der Waals surface area contributed by atoms with Crippen LogP contribution in [-0.2, 0) is 23.9 Å².